The molecule has 1 aliphatic carbocycles. The van der Waals surface area contributed by atoms with Crippen molar-refractivity contribution in [1.82, 2.24) is 5.01 Å². The topological polar surface area (TPSA) is 62.1 Å². The van der Waals surface area contributed by atoms with Crippen molar-refractivity contribution in [1.29, 1.82) is 0 Å². The van der Waals surface area contributed by atoms with E-state index in [4.69, 9.17) is 4.74 Å². The number of halogens is 3. The summed E-state index contributed by atoms with van der Waals surface area (Å²) >= 11 is 0. The smallest absolute Gasteiger partial charge is 0.439 e. The van der Waals surface area contributed by atoms with Gasteiger partial charge in [0.05, 0.1) is 5.92 Å². The van der Waals surface area contributed by atoms with Crippen LogP contribution in [0.3, 0.4) is 0 Å². The number of fused-ring (bicyclic) bond motifs is 1. The summed E-state index contributed by atoms with van der Waals surface area (Å²) in [5.74, 6) is -1.26. The fraction of sp³-hybridized carbons (Fsp3) is 0.889. The number of carbonyl (C=O) groups excluding carboxylic acids is 1. The normalized spacial score (nSPS) is 30.1. The van der Waals surface area contributed by atoms with Gasteiger partial charge in [-0.15, -0.1) is 0 Å². The number of ether oxygens (including phenoxy) is 1. The summed E-state index contributed by atoms with van der Waals surface area (Å²) in [7, 11) is 0. The molecule has 2 aliphatic rings. The molecule has 26 heavy (non-hydrogen) atoms. The Balaban J connectivity index is 2.39. The first-order valence-corrected chi connectivity index (χ1v) is 9.03. The number of carbonyl (C=O) groups is 1. The lowest BCUT2D eigenvalue weighted by atomic mass is 9.64. The molecule has 1 saturated carbocycles. The highest BCUT2D eigenvalue weighted by molar-refractivity contribution is 5.92. The maximum Gasteiger partial charge on any atom is 0.439 e. The van der Waals surface area contributed by atoms with Crippen molar-refractivity contribution in [3.63, 3.8) is 0 Å². The molecule has 0 aromatic carbocycles. The average Bonchev–Trinajstić information content (AvgIpc) is 2.79. The summed E-state index contributed by atoms with van der Waals surface area (Å²) in [6.07, 6.45) is -4.36. The second-order valence-electron chi connectivity index (χ2n) is 8.97. The molecular formula is C18H29F3N2O3. The van der Waals surface area contributed by atoms with Gasteiger partial charge in [-0.25, -0.2) is 4.79 Å². The molecule has 0 bridgehead atoms. The van der Waals surface area contributed by atoms with Crippen LogP contribution in [-0.4, -0.2) is 39.4 Å². The molecule has 1 amide bonds. The van der Waals surface area contributed by atoms with Crippen LogP contribution in [0.25, 0.3) is 0 Å². The molecule has 0 aromatic heterocycles. The first-order valence-electron chi connectivity index (χ1n) is 9.03. The monoisotopic (exact) mass is 378 g/mol. The summed E-state index contributed by atoms with van der Waals surface area (Å²) in [5, 5.41) is 14.7. The first-order chi connectivity index (χ1) is 11.6. The molecule has 1 heterocycles. The highest BCUT2D eigenvalue weighted by atomic mass is 19.4. The predicted molar refractivity (Wildman–Crippen MR) is 91.4 cm³/mol. The van der Waals surface area contributed by atoms with Crippen molar-refractivity contribution in [3.8, 4) is 0 Å². The SMILES string of the molecule is CCC(C)(C)[C@@H]1CCC2=NN(C(=O)OC(C)(C)C)[C@@](O)(C(F)(F)F)[C@H]2C1. The van der Waals surface area contributed by atoms with E-state index in [9.17, 15) is 23.1 Å². The Morgan fingerprint density at radius 1 is 1.31 bits per heavy atom. The zero-order valence-corrected chi connectivity index (χ0v) is 16.3. The third-order valence-corrected chi connectivity index (χ3v) is 5.71. The molecule has 0 radical (unpaired) electrons. The Bertz CT molecular complexity index is 595. The number of rotatable bonds is 2. The predicted octanol–water partition coefficient (Wildman–Crippen LogP) is 4.70. The number of aliphatic hydroxyl groups is 1. The van der Waals surface area contributed by atoms with Gasteiger partial charge in [-0.3, -0.25) is 0 Å². The molecule has 0 spiro atoms. The minimum atomic E-state index is -5.04. The van der Waals surface area contributed by atoms with Crippen LogP contribution < -0.4 is 0 Å². The average molecular weight is 378 g/mol. The summed E-state index contributed by atoms with van der Waals surface area (Å²) in [6.45, 7) is 10.7. The Labute approximate surface area is 152 Å². The second kappa shape index (κ2) is 6.39. The van der Waals surface area contributed by atoms with E-state index in [-0.39, 0.29) is 28.5 Å². The standard InChI is InChI=1S/C18H29F3N2O3/c1-7-16(5,6)11-8-9-13-12(10-11)17(25,18(19,20)21)23(22-13)14(24)26-15(2,3)4/h11-12,25H,7-10H2,1-6H3/t11-,12+,17+/m1/s1. The molecule has 0 saturated heterocycles. The van der Waals surface area contributed by atoms with E-state index < -0.39 is 29.5 Å². The van der Waals surface area contributed by atoms with Gasteiger partial charge in [0.25, 0.3) is 5.72 Å². The van der Waals surface area contributed by atoms with Crippen LogP contribution in [-0.2, 0) is 4.74 Å². The van der Waals surface area contributed by atoms with Gasteiger partial charge >= 0.3 is 12.3 Å². The zero-order valence-electron chi connectivity index (χ0n) is 16.3. The van der Waals surface area contributed by atoms with E-state index >= 15 is 0 Å². The molecule has 3 atom stereocenters. The van der Waals surface area contributed by atoms with E-state index in [1.807, 2.05) is 20.8 Å². The Kier molecular flexibility index (Phi) is 5.16. The number of nitrogens with zero attached hydrogens (tertiary/aromatic N) is 2. The summed E-state index contributed by atoms with van der Waals surface area (Å²) in [4.78, 5) is 12.3. The van der Waals surface area contributed by atoms with Crippen LogP contribution >= 0.6 is 0 Å². The van der Waals surface area contributed by atoms with Crippen molar-refractivity contribution in [2.75, 3.05) is 0 Å². The molecule has 150 valence electrons. The van der Waals surface area contributed by atoms with Crippen LogP contribution in [0.4, 0.5) is 18.0 Å². The van der Waals surface area contributed by atoms with Gasteiger partial charge in [-0.1, -0.05) is 27.2 Å². The number of alkyl halides is 3. The summed E-state index contributed by atoms with van der Waals surface area (Å²) in [6, 6.07) is 0. The maximum atomic E-state index is 13.9. The van der Waals surface area contributed by atoms with Crippen LogP contribution in [0, 0.1) is 17.3 Å². The van der Waals surface area contributed by atoms with E-state index in [0.29, 0.717) is 12.8 Å². The largest absolute Gasteiger partial charge is 0.442 e. The third-order valence-electron chi connectivity index (χ3n) is 5.71. The fourth-order valence-corrected chi connectivity index (χ4v) is 3.70. The lowest BCUT2D eigenvalue weighted by Gasteiger charge is -2.43. The number of hydrazone groups is 1. The molecular weight excluding hydrogens is 349 g/mol. The minimum Gasteiger partial charge on any atom is -0.442 e. The highest BCUT2D eigenvalue weighted by Gasteiger charge is 2.70. The summed E-state index contributed by atoms with van der Waals surface area (Å²) in [5.41, 5.74) is -4.30. The van der Waals surface area contributed by atoms with Crippen molar-refractivity contribution in [2.24, 2.45) is 22.4 Å². The number of hydrogen-bond donors (Lipinski definition) is 1. The van der Waals surface area contributed by atoms with E-state index in [2.05, 4.69) is 5.10 Å². The maximum absolute atomic E-state index is 13.9. The molecule has 0 unspecified atom stereocenters. The second-order valence-corrected chi connectivity index (χ2v) is 8.97. The molecule has 5 nitrogen and oxygen atoms in total. The van der Waals surface area contributed by atoms with E-state index in [0.717, 1.165) is 6.42 Å². The molecule has 0 aromatic rings. The van der Waals surface area contributed by atoms with Crippen LogP contribution in [0.15, 0.2) is 5.10 Å². The van der Waals surface area contributed by atoms with Crippen molar-refractivity contribution in [3.05, 3.63) is 0 Å². The van der Waals surface area contributed by atoms with Crippen LogP contribution in [0.5, 0.6) is 0 Å². The van der Waals surface area contributed by atoms with Gasteiger partial charge in [-0.2, -0.15) is 23.3 Å². The molecule has 1 aliphatic heterocycles. The van der Waals surface area contributed by atoms with E-state index in [1.165, 1.54) is 0 Å². The van der Waals surface area contributed by atoms with Crippen molar-refractivity contribution in [2.45, 2.75) is 84.7 Å². The molecule has 1 N–H and O–H groups in total. The zero-order chi connectivity index (χ0) is 20.1. The van der Waals surface area contributed by atoms with Crippen molar-refractivity contribution >= 4 is 11.8 Å². The lowest BCUT2D eigenvalue weighted by Crippen LogP contribution is -2.62. The molecule has 2 rings (SSSR count). The van der Waals surface area contributed by atoms with Gasteiger partial charge in [0.2, 0.25) is 0 Å². The number of amides is 1. The number of hydrogen-bond acceptors (Lipinski definition) is 4. The third kappa shape index (κ3) is 3.57. The Hall–Kier alpha value is -1.31. The van der Waals surface area contributed by atoms with Gasteiger partial charge < -0.3 is 9.84 Å². The minimum absolute atomic E-state index is 0.00362. The molecule has 1 fully saturated rings. The fourth-order valence-electron chi connectivity index (χ4n) is 3.70. The van der Waals surface area contributed by atoms with Crippen LogP contribution in [0.1, 0.15) is 67.2 Å². The van der Waals surface area contributed by atoms with Gasteiger partial charge in [0.15, 0.2) is 0 Å². The van der Waals surface area contributed by atoms with Gasteiger partial charge in [0, 0.05) is 5.71 Å². The lowest BCUT2D eigenvalue weighted by molar-refractivity contribution is -0.317. The molecule has 8 heteroatoms. The van der Waals surface area contributed by atoms with Crippen molar-refractivity contribution < 1.29 is 27.8 Å². The highest BCUT2D eigenvalue weighted by Crippen LogP contribution is 2.52. The quantitative estimate of drug-likeness (QED) is 0.758. The van der Waals surface area contributed by atoms with Crippen LogP contribution in [0.2, 0.25) is 0 Å². The van der Waals surface area contributed by atoms with Gasteiger partial charge in [-0.05, 0) is 51.4 Å². The van der Waals surface area contributed by atoms with Gasteiger partial charge in [0.1, 0.15) is 5.60 Å². The Morgan fingerprint density at radius 3 is 2.35 bits per heavy atom. The Morgan fingerprint density at radius 2 is 1.88 bits per heavy atom. The van der Waals surface area contributed by atoms with E-state index in [1.54, 1.807) is 20.8 Å². The first kappa shape index (κ1) is 21.0. The summed E-state index contributed by atoms with van der Waals surface area (Å²) < 4.78 is 46.7.